The second kappa shape index (κ2) is 5.27. The third-order valence-corrected chi connectivity index (χ3v) is 2.85. The predicted octanol–water partition coefficient (Wildman–Crippen LogP) is 0.603. The SMILES string of the molecule is CC(N)CC(=O)N1CC(C(=O)O)Oc2ccccc21. The normalized spacial score (nSPS) is 19.3. The van der Waals surface area contributed by atoms with E-state index < -0.39 is 12.1 Å². The molecular formula is C13H16N2O4. The number of carbonyl (C=O) groups is 2. The smallest absolute Gasteiger partial charge is 0.346 e. The predicted molar refractivity (Wildman–Crippen MR) is 69.1 cm³/mol. The van der Waals surface area contributed by atoms with Crippen molar-refractivity contribution in [1.29, 1.82) is 0 Å². The van der Waals surface area contributed by atoms with E-state index in [1.54, 1.807) is 31.2 Å². The maximum Gasteiger partial charge on any atom is 0.346 e. The van der Waals surface area contributed by atoms with E-state index in [-0.39, 0.29) is 24.9 Å². The summed E-state index contributed by atoms with van der Waals surface area (Å²) in [6.45, 7) is 1.73. The van der Waals surface area contributed by atoms with Gasteiger partial charge >= 0.3 is 5.97 Å². The van der Waals surface area contributed by atoms with Crippen LogP contribution in [0, 0.1) is 0 Å². The van der Waals surface area contributed by atoms with Gasteiger partial charge in [0, 0.05) is 12.5 Å². The number of anilines is 1. The molecule has 3 N–H and O–H groups in total. The Balaban J connectivity index is 2.31. The number of fused-ring (bicyclic) bond motifs is 1. The van der Waals surface area contributed by atoms with E-state index in [4.69, 9.17) is 15.6 Å². The molecule has 0 bridgehead atoms. The third-order valence-electron chi connectivity index (χ3n) is 2.85. The number of para-hydroxylation sites is 2. The van der Waals surface area contributed by atoms with Crippen molar-refractivity contribution in [2.75, 3.05) is 11.4 Å². The van der Waals surface area contributed by atoms with Crippen LogP contribution in [0.2, 0.25) is 0 Å². The number of hydrogen-bond acceptors (Lipinski definition) is 4. The lowest BCUT2D eigenvalue weighted by molar-refractivity contribution is -0.145. The Kier molecular flexibility index (Phi) is 3.71. The van der Waals surface area contributed by atoms with Gasteiger partial charge in [0.25, 0.3) is 0 Å². The minimum atomic E-state index is -1.09. The van der Waals surface area contributed by atoms with Crippen LogP contribution in [0.5, 0.6) is 5.75 Å². The van der Waals surface area contributed by atoms with Crippen LogP contribution >= 0.6 is 0 Å². The number of aliphatic carboxylic acids is 1. The first-order chi connectivity index (χ1) is 8.99. The van der Waals surface area contributed by atoms with Crippen LogP contribution in [-0.2, 0) is 9.59 Å². The van der Waals surface area contributed by atoms with Gasteiger partial charge in [-0.15, -0.1) is 0 Å². The fourth-order valence-corrected chi connectivity index (χ4v) is 1.98. The molecule has 2 rings (SSSR count). The maximum atomic E-state index is 12.1. The number of nitrogens with two attached hydrogens (primary N) is 1. The van der Waals surface area contributed by atoms with Gasteiger partial charge in [-0.3, -0.25) is 4.79 Å². The van der Waals surface area contributed by atoms with Crippen LogP contribution < -0.4 is 15.4 Å². The highest BCUT2D eigenvalue weighted by molar-refractivity contribution is 5.96. The van der Waals surface area contributed by atoms with Gasteiger partial charge in [-0.1, -0.05) is 12.1 Å². The van der Waals surface area contributed by atoms with E-state index >= 15 is 0 Å². The van der Waals surface area contributed by atoms with Gasteiger partial charge in [0.2, 0.25) is 12.0 Å². The molecular weight excluding hydrogens is 248 g/mol. The number of ether oxygens (including phenoxy) is 1. The third kappa shape index (κ3) is 2.85. The van der Waals surface area contributed by atoms with Gasteiger partial charge in [-0.05, 0) is 19.1 Å². The van der Waals surface area contributed by atoms with Crippen LogP contribution in [0.3, 0.4) is 0 Å². The van der Waals surface area contributed by atoms with E-state index in [0.717, 1.165) is 0 Å². The molecule has 102 valence electrons. The van der Waals surface area contributed by atoms with Crippen LogP contribution in [0.25, 0.3) is 0 Å². The largest absolute Gasteiger partial charge is 0.478 e. The zero-order chi connectivity index (χ0) is 14.0. The quantitative estimate of drug-likeness (QED) is 0.834. The van der Waals surface area contributed by atoms with Gasteiger partial charge in [-0.2, -0.15) is 0 Å². The number of carboxylic acids is 1. The fourth-order valence-electron chi connectivity index (χ4n) is 1.98. The molecule has 2 unspecified atom stereocenters. The highest BCUT2D eigenvalue weighted by Crippen LogP contribution is 2.33. The standard InChI is InChI=1S/C13H16N2O4/c1-8(14)6-12(16)15-7-11(13(17)18)19-10-5-3-2-4-9(10)15/h2-5,8,11H,6-7,14H2,1H3,(H,17,18). The minimum absolute atomic E-state index is 0.00208. The number of benzene rings is 1. The zero-order valence-electron chi connectivity index (χ0n) is 10.6. The molecule has 0 fully saturated rings. The number of amides is 1. The summed E-state index contributed by atoms with van der Waals surface area (Å²) in [5.74, 6) is -0.885. The molecule has 19 heavy (non-hydrogen) atoms. The molecule has 1 amide bonds. The van der Waals surface area contributed by atoms with Crippen molar-refractivity contribution < 1.29 is 19.4 Å². The number of carbonyl (C=O) groups excluding carboxylic acids is 1. The molecule has 0 spiro atoms. The van der Waals surface area contributed by atoms with Crippen molar-refractivity contribution in [1.82, 2.24) is 0 Å². The van der Waals surface area contributed by atoms with E-state index in [1.165, 1.54) is 4.90 Å². The van der Waals surface area contributed by atoms with Crippen LogP contribution in [-0.4, -0.2) is 35.7 Å². The van der Waals surface area contributed by atoms with E-state index in [0.29, 0.717) is 11.4 Å². The highest BCUT2D eigenvalue weighted by atomic mass is 16.5. The van der Waals surface area contributed by atoms with Crippen LogP contribution in [0.4, 0.5) is 5.69 Å². The Morgan fingerprint density at radius 2 is 2.21 bits per heavy atom. The second-order valence-electron chi connectivity index (χ2n) is 4.60. The number of carboxylic acid groups (broad SMARTS) is 1. The fraction of sp³-hybridized carbons (Fsp3) is 0.385. The van der Waals surface area contributed by atoms with Crippen LogP contribution in [0.15, 0.2) is 24.3 Å². The lowest BCUT2D eigenvalue weighted by Gasteiger charge is -2.33. The summed E-state index contributed by atoms with van der Waals surface area (Å²) < 4.78 is 5.35. The molecule has 0 radical (unpaired) electrons. The molecule has 6 heteroatoms. The molecule has 1 aliphatic rings. The summed E-state index contributed by atoms with van der Waals surface area (Å²) in [5.41, 5.74) is 6.21. The Hall–Kier alpha value is -2.08. The Morgan fingerprint density at radius 1 is 1.53 bits per heavy atom. The summed E-state index contributed by atoms with van der Waals surface area (Å²) in [7, 11) is 0. The zero-order valence-corrected chi connectivity index (χ0v) is 10.6. The van der Waals surface area contributed by atoms with Gasteiger partial charge in [0.1, 0.15) is 5.75 Å². The monoisotopic (exact) mass is 264 g/mol. The lowest BCUT2D eigenvalue weighted by atomic mass is 10.1. The molecule has 1 heterocycles. The average Bonchev–Trinajstić information content (AvgIpc) is 2.36. The van der Waals surface area contributed by atoms with Crippen molar-refractivity contribution in [2.45, 2.75) is 25.5 Å². The first-order valence-electron chi connectivity index (χ1n) is 6.03. The van der Waals surface area contributed by atoms with Crippen molar-refractivity contribution in [3.8, 4) is 5.75 Å². The summed E-state index contributed by atoms with van der Waals surface area (Å²) in [5, 5.41) is 9.06. The van der Waals surface area contributed by atoms with Crippen molar-refractivity contribution >= 4 is 17.6 Å². The number of nitrogens with zero attached hydrogens (tertiary/aromatic N) is 1. The average molecular weight is 264 g/mol. The number of hydrogen-bond donors (Lipinski definition) is 2. The van der Waals surface area contributed by atoms with E-state index in [9.17, 15) is 9.59 Å². The van der Waals surface area contributed by atoms with Gasteiger partial charge in [0.05, 0.1) is 12.2 Å². The Morgan fingerprint density at radius 3 is 2.84 bits per heavy atom. The van der Waals surface area contributed by atoms with Crippen molar-refractivity contribution in [3.63, 3.8) is 0 Å². The molecule has 0 aromatic heterocycles. The summed E-state index contributed by atoms with van der Waals surface area (Å²) in [6, 6.07) is 6.61. The highest BCUT2D eigenvalue weighted by Gasteiger charge is 2.33. The van der Waals surface area contributed by atoms with E-state index in [2.05, 4.69) is 0 Å². The molecule has 0 saturated carbocycles. The van der Waals surface area contributed by atoms with E-state index in [1.807, 2.05) is 0 Å². The Labute approximate surface area is 110 Å². The number of rotatable bonds is 3. The Bertz CT molecular complexity index is 501. The molecule has 1 aliphatic heterocycles. The van der Waals surface area contributed by atoms with Gasteiger partial charge < -0.3 is 20.5 Å². The van der Waals surface area contributed by atoms with Gasteiger partial charge in [-0.25, -0.2) is 4.79 Å². The molecule has 0 aliphatic carbocycles. The van der Waals surface area contributed by atoms with Crippen LogP contribution in [0.1, 0.15) is 13.3 Å². The molecule has 1 aromatic carbocycles. The summed E-state index contributed by atoms with van der Waals surface area (Å²) in [4.78, 5) is 24.6. The molecule has 6 nitrogen and oxygen atoms in total. The summed E-state index contributed by atoms with van der Waals surface area (Å²) >= 11 is 0. The lowest BCUT2D eigenvalue weighted by Crippen LogP contribution is -2.48. The maximum absolute atomic E-state index is 12.1. The molecule has 2 atom stereocenters. The topological polar surface area (TPSA) is 92.9 Å². The second-order valence-corrected chi connectivity index (χ2v) is 4.60. The molecule has 0 saturated heterocycles. The summed E-state index contributed by atoms with van der Waals surface area (Å²) in [6.07, 6.45) is -0.882. The van der Waals surface area contributed by atoms with Crippen molar-refractivity contribution in [3.05, 3.63) is 24.3 Å². The first kappa shape index (κ1) is 13.4. The molecule has 1 aromatic rings. The van der Waals surface area contributed by atoms with Crippen molar-refractivity contribution in [2.24, 2.45) is 5.73 Å². The minimum Gasteiger partial charge on any atom is -0.478 e. The first-order valence-corrected chi connectivity index (χ1v) is 6.03. The van der Waals surface area contributed by atoms with Gasteiger partial charge in [0.15, 0.2) is 0 Å².